The van der Waals surface area contributed by atoms with Gasteiger partial charge in [0.05, 0.1) is 16.7 Å². The van der Waals surface area contributed by atoms with E-state index in [-0.39, 0.29) is 5.56 Å². The van der Waals surface area contributed by atoms with Crippen molar-refractivity contribution in [3.63, 3.8) is 0 Å². The van der Waals surface area contributed by atoms with Crippen LogP contribution in [0.2, 0.25) is 0 Å². The molecule has 3 N–H and O–H groups in total. The van der Waals surface area contributed by atoms with Gasteiger partial charge in [-0.05, 0) is 40.8 Å². The van der Waals surface area contributed by atoms with Crippen LogP contribution in [0, 0.1) is 11.3 Å². The lowest BCUT2D eigenvalue weighted by Gasteiger charge is -2.36. The number of nitrogens with two attached hydrogens (primary N) is 1. The van der Waals surface area contributed by atoms with E-state index >= 15 is 0 Å². The molecule has 2 aromatic heterocycles. The molecule has 160 valence electrons. The van der Waals surface area contributed by atoms with Crippen LogP contribution in [-0.2, 0) is 14.9 Å². The number of benzene rings is 1. The molecule has 32 heavy (non-hydrogen) atoms. The molecule has 1 aliphatic rings. The molecule has 0 radical (unpaired) electrons. The van der Waals surface area contributed by atoms with Crippen LogP contribution in [0.5, 0.6) is 0 Å². The van der Waals surface area contributed by atoms with E-state index in [1.807, 2.05) is 23.6 Å². The van der Waals surface area contributed by atoms with Gasteiger partial charge in [0.15, 0.2) is 0 Å². The van der Waals surface area contributed by atoms with Gasteiger partial charge in [-0.25, -0.2) is 0 Å². The maximum absolute atomic E-state index is 12.6. The summed E-state index contributed by atoms with van der Waals surface area (Å²) in [5.74, 6) is -0.603. The third-order valence-electron chi connectivity index (χ3n) is 5.51. The van der Waals surface area contributed by atoms with E-state index in [0.717, 1.165) is 4.88 Å². The first-order valence-corrected chi connectivity index (χ1v) is 10.9. The van der Waals surface area contributed by atoms with Crippen LogP contribution in [0.3, 0.4) is 0 Å². The number of nitrogens with one attached hydrogen (secondary N) is 1. The molecule has 0 bridgehead atoms. The number of thiophene rings is 1. The lowest BCUT2D eigenvalue weighted by Crippen LogP contribution is -2.50. The first-order chi connectivity index (χ1) is 15.4. The number of carbonyl (C=O) groups is 1. The van der Waals surface area contributed by atoms with Crippen LogP contribution < -0.4 is 11.3 Å². The molecule has 4 rings (SSSR count). The predicted molar refractivity (Wildman–Crippen MR) is 125 cm³/mol. The molecule has 3 aromatic rings. The van der Waals surface area contributed by atoms with Crippen molar-refractivity contribution in [3.8, 4) is 27.8 Å². The smallest absolute Gasteiger partial charge is 0.266 e. The highest BCUT2D eigenvalue weighted by Gasteiger charge is 2.45. The molecule has 1 aliphatic carbocycles. The monoisotopic (exact) mass is 463 g/mol. The van der Waals surface area contributed by atoms with Crippen molar-refractivity contribution in [2.75, 3.05) is 7.11 Å². The quantitative estimate of drug-likeness (QED) is 0.594. The van der Waals surface area contributed by atoms with E-state index in [4.69, 9.17) is 22.1 Å². The molecule has 0 saturated heterocycles. The summed E-state index contributed by atoms with van der Waals surface area (Å²) in [6, 6.07) is 14.5. The Bertz CT molecular complexity index is 1330. The minimum Gasteiger partial charge on any atom is -0.376 e. The second-order valence-electron chi connectivity index (χ2n) is 7.25. The predicted octanol–water partition coefficient (Wildman–Crippen LogP) is 4.07. The lowest BCUT2D eigenvalue weighted by molar-refractivity contribution is -0.125. The van der Waals surface area contributed by atoms with Gasteiger partial charge in [-0.3, -0.25) is 9.59 Å². The summed E-state index contributed by atoms with van der Waals surface area (Å²) in [4.78, 5) is 28.8. The molecule has 2 atom stereocenters. The summed E-state index contributed by atoms with van der Waals surface area (Å²) < 4.78 is 5.52. The number of nitriles is 1. The Hall–Kier alpha value is -3.44. The van der Waals surface area contributed by atoms with Gasteiger partial charge in [0.2, 0.25) is 5.91 Å². The number of ether oxygens (including phenoxy) is 1. The second-order valence-corrected chi connectivity index (χ2v) is 8.63. The number of hydrogen-bond donors (Lipinski definition) is 2. The highest BCUT2D eigenvalue weighted by Crippen LogP contribution is 2.38. The summed E-state index contributed by atoms with van der Waals surface area (Å²) >= 11 is 7.69. The Balaban J connectivity index is 1.84. The zero-order valence-corrected chi connectivity index (χ0v) is 18.5. The van der Waals surface area contributed by atoms with Crippen LogP contribution >= 0.6 is 22.9 Å². The number of aromatic amines is 1. The van der Waals surface area contributed by atoms with E-state index in [1.165, 1.54) is 18.4 Å². The summed E-state index contributed by atoms with van der Waals surface area (Å²) in [5, 5.41) is 11.9. The number of allylic oxidation sites excluding steroid dienone is 2. The van der Waals surface area contributed by atoms with Gasteiger partial charge in [-0.1, -0.05) is 48.0 Å². The normalized spacial score (nSPS) is 19.9. The van der Waals surface area contributed by atoms with E-state index in [0.29, 0.717) is 27.4 Å². The Kier molecular flexibility index (Phi) is 5.85. The van der Waals surface area contributed by atoms with Crippen LogP contribution in [0.25, 0.3) is 21.7 Å². The van der Waals surface area contributed by atoms with Crippen molar-refractivity contribution in [2.45, 2.75) is 11.5 Å². The summed E-state index contributed by atoms with van der Waals surface area (Å²) in [6.07, 6.45) is 4.31. The Morgan fingerprint density at radius 2 is 2.06 bits per heavy atom. The highest BCUT2D eigenvalue weighted by molar-refractivity contribution is 7.13. The molecular formula is C24H18ClN3O3S. The Morgan fingerprint density at radius 3 is 2.66 bits per heavy atom. The van der Waals surface area contributed by atoms with Gasteiger partial charge in [-0.15, -0.1) is 11.3 Å². The lowest BCUT2D eigenvalue weighted by atomic mass is 9.72. The van der Waals surface area contributed by atoms with Crippen molar-refractivity contribution in [1.29, 1.82) is 5.26 Å². The average molecular weight is 464 g/mol. The first-order valence-electron chi connectivity index (χ1n) is 9.62. The van der Waals surface area contributed by atoms with Gasteiger partial charge in [0.25, 0.3) is 5.56 Å². The number of halogens is 1. The van der Waals surface area contributed by atoms with Crippen LogP contribution in [0.1, 0.15) is 11.1 Å². The largest absolute Gasteiger partial charge is 0.376 e. The third kappa shape index (κ3) is 3.59. The van der Waals surface area contributed by atoms with Crippen LogP contribution in [-0.4, -0.2) is 24.1 Å². The molecule has 0 aliphatic heterocycles. The SMILES string of the molecule is COC1C=CC(Cl)=CC1(C(N)=O)c1ccc(-c2cc(-c3cccs3)[nH]c(=O)c2C#N)cc1. The molecule has 0 spiro atoms. The fourth-order valence-electron chi connectivity index (χ4n) is 3.93. The first kappa shape index (κ1) is 21.8. The van der Waals surface area contributed by atoms with Crippen LogP contribution in [0.4, 0.5) is 0 Å². The van der Waals surface area contributed by atoms with Crippen molar-refractivity contribution >= 4 is 28.8 Å². The molecule has 0 fully saturated rings. The number of carbonyl (C=O) groups excluding carboxylic acids is 1. The average Bonchev–Trinajstić information content (AvgIpc) is 3.33. The van der Waals surface area contributed by atoms with Crippen molar-refractivity contribution in [1.82, 2.24) is 4.98 Å². The zero-order chi connectivity index (χ0) is 22.9. The van der Waals surface area contributed by atoms with E-state index in [2.05, 4.69) is 4.98 Å². The summed E-state index contributed by atoms with van der Waals surface area (Å²) in [6.45, 7) is 0. The Morgan fingerprint density at radius 1 is 1.31 bits per heavy atom. The number of aromatic nitrogens is 1. The number of rotatable bonds is 5. The fourth-order valence-corrected chi connectivity index (χ4v) is 4.88. The second kappa shape index (κ2) is 8.60. The van der Waals surface area contributed by atoms with E-state index < -0.39 is 23.0 Å². The maximum Gasteiger partial charge on any atom is 0.266 e. The van der Waals surface area contributed by atoms with E-state index in [1.54, 1.807) is 48.6 Å². The van der Waals surface area contributed by atoms with Gasteiger partial charge in [-0.2, -0.15) is 5.26 Å². The molecule has 2 unspecified atom stereocenters. The number of nitrogens with zero attached hydrogens (tertiary/aromatic N) is 1. The molecule has 1 aromatic carbocycles. The number of methoxy groups -OCH3 is 1. The fraction of sp³-hybridized carbons (Fsp3) is 0.125. The standard InChI is InChI=1S/C24H18ClN3O3S/c1-31-21-9-8-16(25)12-24(21,23(27)30)15-6-4-14(5-7-15)17-11-19(20-3-2-10-32-20)28-22(29)18(17)13-26/h2-12,21H,1H3,(H2,27,30)(H,28,29). The van der Waals surface area contributed by atoms with Gasteiger partial charge >= 0.3 is 0 Å². The zero-order valence-electron chi connectivity index (χ0n) is 17.0. The molecule has 2 heterocycles. The number of pyridine rings is 1. The maximum atomic E-state index is 12.6. The topological polar surface area (TPSA) is 109 Å². The van der Waals surface area contributed by atoms with Crippen LogP contribution in [0.15, 0.2) is 75.9 Å². The summed E-state index contributed by atoms with van der Waals surface area (Å²) in [7, 11) is 1.50. The molecule has 6 nitrogen and oxygen atoms in total. The van der Waals surface area contributed by atoms with Crippen molar-refractivity contribution in [2.24, 2.45) is 5.73 Å². The number of primary amides is 1. The van der Waals surface area contributed by atoms with Gasteiger partial charge in [0.1, 0.15) is 17.0 Å². The summed E-state index contributed by atoms with van der Waals surface area (Å²) in [5.41, 5.74) is 6.45. The minimum absolute atomic E-state index is 0.0148. The number of H-pyrrole nitrogens is 1. The van der Waals surface area contributed by atoms with Crippen molar-refractivity contribution in [3.05, 3.63) is 92.6 Å². The molecule has 0 saturated carbocycles. The van der Waals surface area contributed by atoms with Gasteiger partial charge in [0, 0.05) is 17.7 Å². The number of hydrogen-bond acceptors (Lipinski definition) is 5. The third-order valence-corrected chi connectivity index (χ3v) is 6.65. The molecule has 8 heteroatoms. The van der Waals surface area contributed by atoms with Crippen molar-refractivity contribution < 1.29 is 9.53 Å². The molecule has 1 amide bonds. The number of amides is 1. The minimum atomic E-state index is -1.28. The highest BCUT2D eigenvalue weighted by atomic mass is 35.5. The Labute approximate surface area is 193 Å². The van der Waals surface area contributed by atoms with Gasteiger partial charge < -0.3 is 15.5 Å². The van der Waals surface area contributed by atoms with E-state index in [9.17, 15) is 14.9 Å². The molecular weight excluding hydrogens is 446 g/mol.